The Labute approximate surface area is 146 Å². The predicted molar refractivity (Wildman–Crippen MR) is 94.2 cm³/mol. The van der Waals surface area contributed by atoms with Crippen molar-refractivity contribution in [2.45, 2.75) is 12.3 Å². The molecule has 0 unspecified atom stereocenters. The molecular formula is C19H21NO5. The zero-order chi connectivity index (χ0) is 18.0. The van der Waals surface area contributed by atoms with Crippen molar-refractivity contribution in [3.8, 4) is 23.0 Å². The summed E-state index contributed by atoms with van der Waals surface area (Å²) in [7, 11) is 6.32. The van der Waals surface area contributed by atoms with E-state index in [1.807, 2.05) is 24.3 Å². The van der Waals surface area contributed by atoms with Gasteiger partial charge in [-0.05, 0) is 17.7 Å². The van der Waals surface area contributed by atoms with Crippen molar-refractivity contribution in [3.63, 3.8) is 0 Å². The van der Waals surface area contributed by atoms with Gasteiger partial charge in [0.2, 0.25) is 11.7 Å². The lowest BCUT2D eigenvalue weighted by Crippen LogP contribution is -2.24. The molecule has 1 heterocycles. The maximum atomic E-state index is 12.2. The normalized spacial score (nSPS) is 15.8. The van der Waals surface area contributed by atoms with Crippen LogP contribution in [0.15, 0.2) is 30.3 Å². The first-order valence-electron chi connectivity index (χ1n) is 7.89. The molecule has 1 N–H and O–H groups in total. The molecule has 0 saturated carbocycles. The highest BCUT2D eigenvalue weighted by Gasteiger charge is 2.33. The molecule has 0 radical (unpaired) electrons. The summed E-state index contributed by atoms with van der Waals surface area (Å²) >= 11 is 0. The summed E-state index contributed by atoms with van der Waals surface area (Å²) in [6.45, 7) is 0. The van der Waals surface area contributed by atoms with Crippen LogP contribution in [0.2, 0.25) is 0 Å². The van der Waals surface area contributed by atoms with Gasteiger partial charge in [0, 0.05) is 24.0 Å². The van der Waals surface area contributed by atoms with E-state index in [1.54, 1.807) is 34.5 Å². The average Bonchev–Trinajstić information content (AvgIpc) is 2.65. The topological polar surface area (TPSA) is 66.0 Å². The molecule has 1 amide bonds. The molecule has 25 heavy (non-hydrogen) atoms. The van der Waals surface area contributed by atoms with Gasteiger partial charge < -0.3 is 24.3 Å². The molecular weight excluding hydrogens is 322 g/mol. The molecule has 1 atom stereocenters. The van der Waals surface area contributed by atoms with Gasteiger partial charge in [0.1, 0.15) is 5.75 Å². The molecule has 2 aromatic rings. The predicted octanol–water partition coefficient (Wildman–Crippen LogP) is 3.20. The van der Waals surface area contributed by atoms with Crippen LogP contribution in [0.3, 0.4) is 0 Å². The van der Waals surface area contributed by atoms with E-state index < -0.39 is 0 Å². The number of rotatable bonds is 5. The minimum atomic E-state index is -0.149. The number of carbonyl (C=O) groups is 1. The smallest absolute Gasteiger partial charge is 0.225 e. The summed E-state index contributed by atoms with van der Waals surface area (Å²) in [5.41, 5.74) is 2.55. The van der Waals surface area contributed by atoms with Crippen molar-refractivity contribution in [1.82, 2.24) is 0 Å². The van der Waals surface area contributed by atoms with Gasteiger partial charge in [-0.25, -0.2) is 0 Å². The van der Waals surface area contributed by atoms with Crippen LogP contribution >= 0.6 is 0 Å². The minimum Gasteiger partial charge on any atom is -0.497 e. The number of hydrogen-bond donors (Lipinski definition) is 1. The van der Waals surface area contributed by atoms with E-state index in [-0.39, 0.29) is 11.8 Å². The highest BCUT2D eigenvalue weighted by molar-refractivity contribution is 5.97. The molecule has 1 aliphatic rings. The van der Waals surface area contributed by atoms with Gasteiger partial charge in [0.05, 0.1) is 34.1 Å². The molecule has 6 nitrogen and oxygen atoms in total. The molecule has 6 heteroatoms. The highest BCUT2D eigenvalue weighted by Crippen LogP contribution is 2.51. The van der Waals surface area contributed by atoms with Gasteiger partial charge in [0.15, 0.2) is 11.5 Å². The molecule has 132 valence electrons. The fourth-order valence-electron chi connectivity index (χ4n) is 3.24. The van der Waals surface area contributed by atoms with E-state index in [4.69, 9.17) is 18.9 Å². The number of carbonyl (C=O) groups excluding carboxylic acids is 1. The summed E-state index contributed by atoms with van der Waals surface area (Å²) in [4.78, 5) is 12.2. The lowest BCUT2D eigenvalue weighted by atomic mass is 9.83. The van der Waals surface area contributed by atoms with E-state index in [9.17, 15) is 4.79 Å². The lowest BCUT2D eigenvalue weighted by molar-refractivity contribution is -0.116. The Morgan fingerprint density at radius 2 is 1.60 bits per heavy atom. The van der Waals surface area contributed by atoms with Gasteiger partial charge in [-0.2, -0.15) is 0 Å². The summed E-state index contributed by atoms with van der Waals surface area (Å²) in [6.07, 6.45) is 0.325. The highest BCUT2D eigenvalue weighted by atomic mass is 16.5. The fraction of sp³-hybridized carbons (Fsp3) is 0.316. The van der Waals surface area contributed by atoms with Gasteiger partial charge in [-0.1, -0.05) is 12.1 Å². The number of methoxy groups -OCH3 is 4. The molecule has 1 aliphatic heterocycles. The largest absolute Gasteiger partial charge is 0.497 e. The van der Waals surface area contributed by atoms with Gasteiger partial charge in [-0.15, -0.1) is 0 Å². The Morgan fingerprint density at radius 1 is 0.920 bits per heavy atom. The van der Waals surface area contributed by atoms with Crippen LogP contribution in [0, 0.1) is 0 Å². The summed E-state index contributed by atoms with van der Waals surface area (Å²) in [5.74, 6) is 2.15. The van der Waals surface area contributed by atoms with Crippen LogP contribution in [0.1, 0.15) is 23.5 Å². The quantitative estimate of drug-likeness (QED) is 0.903. The first kappa shape index (κ1) is 17.0. The van der Waals surface area contributed by atoms with Crippen molar-refractivity contribution in [1.29, 1.82) is 0 Å². The number of anilines is 1. The summed E-state index contributed by atoms with van der Waals surface area (Å²) < 4.78 is 21.7. The molecule has 0 fully saturated rings. The third-order valence-corrected chi connectivity index (χ3v) is 4.40. The van der Waals surface area contributed by atoms with Crippen molar-refractivity contribution in [3.05, 3.63) is 41.5 Å². The van der Waals surface area contributed by atoms with Gasteiger partial charge in [0.25, 0.3) is 0 Å². The monoisotopic (exact) mass is 343 g/mol. The zero-order valence-electron chi connectivity index (χ0n) is 14.7. The first-order chi connectivity index (χ1) is 12.1. The third-order valence-electron chi connectivity index (χ3n) is 4.40. The Morgan fingerprint density at radius 3 is 2.16 bits per heavy atom. The first-order valence-corrected chi connectivity index (χ1v) is 7.89. The van der Waals surface area contributed by atoms with Crippen molar-refractivity contribution in [2.75, 3.05) is 33.8 Å². The van der Waals surface area contributed by atoms with Crippen LogP contribution in [0.4, 0.5) is 5.69 Å². The summed E-state index contributed by atoms with van der Waals surface area (Å²) in [5, 5.41) is 2.90. The molecule has 2 aromatic carbocycles. The van der Waals surface area contributed by atoms with Crippen LogP contribution in [-0.4, -0.2) is 34.3 Å². The Bertz CT molecular complexity index is 785. The van der Waals surface area contributed by atoms with Crippen molar-refractivity contribution < 1.29 is 23.7 Å². The molecule has 0 aliphatic carbocycles. The second kappa shape index (κ2) is 6.93. The van der Waals surface area contributed by atoms with Crippen molar-refractivity contribution in [2.24, 2.45) is 0 Å². The zero-order valence-corrected chi connectivity index (χ0v) is 14.7. The van der Waals surface area contributed by atoms with Crippen LogP contribution in [0.25, 0.3) is 0 Å². The van der Waals surface area contributed by atoms with Gasteiger partial charge in [-0.3, -0.25) is 4.79 Å². The number of benzene rings is 2. The molecule has 0 saturated heterocycles. The number of hydrogen-bond acceptors (Lipinski definition) is 5. The Kier molecular flexibility index (Phi) is 4.70. The molecule has 0 spiro atoms. The minimum absolute atomic E-state index is 0.0532. The van der Waals surface area contributed by atoms with Crippen LogP contribution < -0.4 is 24.3 Å². The second-order valence-electron chi connectivity index (χ2n) is 5.68. The average molecular weight is 343 g/mol. The van der Waals surface area contributed by atoms with E-state index >= 15 is 0 Å². The van der Waals surface area contributed by atoms with Crippen molar-refractivity contribution >= 4 is 11.6 Å². The second-order valence-corrected chi connectivity index (χ2v) is 5.68. The standard InChI is InChI=1S/C19H21NO5/c1-22-12-7-5-11(6-8-12)13-9-16(21)20-14-10-15(23-2)18(24-3)19(25-4)17(13)14/h5-8,10,13H,9H2,1-4H3,(H,20,21)/t13-/m0/s1. The molecule has 3 rings (SSSR count). The molecule has 0 bridgehead atoms. The van der Waals surface area contributed by atoms with Crippen LogP contribution in [0.5, 0.6) is 23.0 Å². The third kappa shape index (κ3) is 2.95. The van der Waals surface area contributed by atoms with E-state index in [0.29, 0.717) is 29.4 Å². The Balaban J connectivity index is 2.19. The lowest BCUT2D eigenvalue weighted by Gasteiger charge is -2.29. The van der Waals surface area contributed by atoms with E-state index in [0.717, 1.165) is 16.9 Å². The maximum Gasteiger partial charge on any atom is 0.225 e. The van der Waals surface area contributed by atoms with E-state index in [2.05, 4.69) is 5.32 Å². The maximum absolute atomic E-state index is 12.2. The Hall–Kier alpha value is -2.89. The molecule has 0 aromatic heterocycles. The number of fused-ring (bicyclic) bond motifs is 1. The fourth-order valence-corrected chi connectivity index (χ4v) is 3.24. The number of amides is 1. The van der Waals surface area contributed by atoms with Crippen LogP contribution in [-0.2, 0) is 4.79 Å². The summed E-state index contributed by atoms with van der Waals surface area (Å²) in [6, 6.07) is 9.46. The van der Waals surface area contributed by atoms with E-state index in [1.165, 1.54) is 0 Å². The number of ether oxygens (including phenoxy) is 4. The number of nitrogens with one attached hydrogen (secondary N) is 1. The van der Waals surface area contributed by atoms with Gasteiger partial charge >= 0.3 is 0 Å². The SMILES string of the molecule is COc1ccc([C@@H]2CC(=O)Nc3cc(OC)c(OC)c(OC)c32)cc1.